The van der Waals surface area contributed by atoms with Gasteiger partial charge < -0.3 is 5.32 Å². The van der Waals surface area contributed by atoms with Crippen LogP contribution in [0.4, 0.5) is 0 Å². The maximum Gasteiger partial charge on any atom is 0.251 e. The van der Waals surface area contributed by atoms with Crippen LogP contribution in [0.5, 0.6) is 0 Å². The number of hydrogen-bond acceptors (Lipinski definition) is 3. The van der Waals surface area contributed by atoms with Crippen LogP contribution in [-0.2, 0) is 6.54 Å². The van der Waals surface area contributed by atoms with Crippen LogP contribution >= 0.6 is 0 Å². The normalized spacial score (nSPS) is 12.4. The van der Waals surface area contributed by atoms with Gasteiger partial charge in [-0.05, 0) is 31.4 Å². The molecule has 0 saturated heterocycles. The molecule has 0 fully saturated rings. The Balaban J connectivity index is 2.11. The predicted octanol–water partition coefficient (Wildman–Crippen LogP) is 2.35. The van der Waals surface area contributed by atoms with Crippen LogP contribution in [0.1, 0.15) is 35.3 Å². The van der Waals surface area contributed by atoms with Crippen molar-refractivity contribution in [1.29, 1.82) is 0 Å². The molecule has 0 aliphatic rings. The van der Waals surface area contributed by atoms with E-state index in [1.165, 1.54) is 0 Å². The summed E-state index contributed by atoms with van der Waals surface area (Å²) in [6, 6.07) is 5.85. The third kappa shape index (κ3) is 3.90. The highest BCUT2D eigenvalue weighted by atomic mass is 16.1. The number of hydrogen-bond donors (Lipinski definition) is 1. The molecule has 5 heteroatoms. The van der Waals surface area contributed by atoms with Gasteiger partial charge in [-0.25, -0.2) is 0 Å². The topological polar surface area (TPSA) is 59.8 Å². The first-order valence-corrected chi connectivity index (χ1v) is 7.19. The van der Waals surface area contributed by atoms with Crippen LogP contribution in [0.25, 0.3) is 0 Å². The van der Waals surface area contributed by atoms with Crippen LogP contribution in [0.2, 0.25) is 0 Å². The van der Waals surface area contributed by atoms with Gasteiger partial charge >= 0.3 is 0 Å². The molecule has 5 nitrogen and oxygen atoms in total. The number of carbonyl (C=O) groups excluding carboxylic acids is 1. The van der Waals surface area contributed by atoms with E-state index in [1.807, 2.05) is 32.0 Å². The highest BCUT2D eigenvalue weighted by Gasteiger charge is 2.19. The Morgan fingerprint density at radius 3 is 2.48 bits per heavy atom. The van der Waals surface area contributed by atoms with Gasteiger partial charge in [-0.3, -0.25) is 4.79 Å². The smallest absolute Gasteiger partial charge is 0.251 e. The van der Waals surface area contributed by atoms with Gasteiger partial charge in [-0.2, -0.15) is 15.0 Å². The standard InChI is InChI=1S/C16H22N4O/c1-11(2)15(10-20-17-7-8-18-20)19-16(21)14-6-5-12(3)9-13(14)4/h5-9,11,15H,10H2,1-4H3,(H,19,21). The molecule has 1 aromatic heterocycles. The Morgan fingerprint density at radius 2 is 1.90 bits per heavy atom. The molecule has 1 aromatic carbocycles. The van der Waals surface area contributed by atoms with Crippen LogP contribution < -0.4 is 5.32 Å². The molecule has 2 rings (SSSR count). The molecule has 1 N–H and O–H groups in total. The van der Waals surface area contributed by atoms with E-state index in [9.17, 15) is 4.79 Å². The molecule has 0 aliphatic carbocycles. The van der Waals surface area contributed by atoms with Crippen molar-refractivity contribution in [3.63, 3.8) is 0 Å². The van der Waals surface area contributed by atoms with Crippen molar-refractivity contribution in [3.8, 4) is 0 Å². The summed E-state index contributed by atoms with van der Waals surface area (Å²) in [5.41, 5.74) is 2.87. The average Bonchev–Trinajstić information content (AvgIpc) is 2.90. The maximum absolute atomic E-state index is 12.5. The lowest BCUT2D eigenvalue weighted by Crippen LogP contribution is -2.42. The number of nitrogens with zero attached hydrogens (tertiary/aromatic N) is 3. The van der Waals surface area contributed by atoms with Gasteiger partial charge in [0, 0.05) is 5.56 Å². The van der Waals surface area contributed by atoms with Crippen LogP contribution in [0, 0.1) is 19.8 Å². The number of rotatable bonds is 5. The molecule has 0 radical (unpaired) electrons. The van der Waals surface area contributed by atoms with Crippen molar-refractivity contribution in [3.05, 3.63) is 47.3 Å². The third-order valence-electron chi connectivity index (χ3n) is 3.57. The number of aromatic nitrogens is 3. The Kier molecular flexibility index (Phi) is 4.73. The number of carbonyl (C=O) groups is 1. The summed E-state index contributed by atoms with van der Waals surface area (Å²) in [7, 11) is 0. The van der Waals surface area contributed by atoms with Crippen molar-refractivity contribution in [2.45, 2.75) is 40.3 Å². The van der Waals surface area contributed by atoms with Crippen molar-refractivity contribution in [2.24, 2.45) is 5.92 Å². The highest BCUT2D eigenvalue weighted by Crippen LogP contribution is 2.12. The van der Waals surface area contributed by atoms with E-state index < -0.39 is 0 Å². The molecular weight excluding hydrogens is 264 g/mol. The second-order valence-corrected chi connectivity index (χ2v) is 5.73. The zero-order valence-corrected chi connectivity index (χ0v) is 13.0. The summed E-state index contributed by atoms with van der Waals surface area (Å²) in [5.74, 6) is 0.254. The van der Waals surface area contributed by atoms with Crippen molar-refractivity contribution in [2.75, 3.05) is 0 Å². The quantitative estimate of drug-likeness (QED) is 0.918. The average molecular weight is 286 g/mol. The Hall–Kier alpha value is -2.17. The van der Waals surface area contributed by atoms with E-state index in [4.69, 9.17) is 0 Å². The third-order valence-corrected chi connectivity index (χ3v) is 3.57. The first-order valence-electron chi connectivity index (χ1n) is 7.19. The predicted molar refractivity (Wildman–Crippen MR) is 82.0 cm³/mol. The zero-order valence-electron chi connectivity index (χ0n) is 13.0. The first kappa shape index (κ1) is 15.2. The summed E-state index contributed by atoms with van der Waals surface area (Å²) in [6.45, 7) is 8.71. The van der Waals surface area contributed by atoms with Crippen molar-refractivity contribution in [1.82, 2.24) is 20.3 Å². The lowest BCUT2D eigenvalue weighted by Gasteiger charge is -2.22. The first-order chi connectivity index (χ1) is 9.97. The Bertz CT molecular complexity index is 605. The molecule has 1 atom stereocenters. The van der Waals surface area contributed by atoms with Crippen molar-refractivity contribution >= 4 is 5.91 Å². The van der Waals surface area contributed by atoms with E-state index in [1.54, 1.807) is 17.2 Å². The summed E-state index contributed by atoms with van der Waals surface area (Å²) >= 11 is 0. The van der Waals surface area contributed by atoms with Crippen molar-refractivity contribution < 1.29 is 4.79 Å². The lowest BCUT2D eigenvalue weighted by atomic mass is 10.0. The molecule has 0 spiro atoms. The fourth-order valence-corrected chi connectivity index (χ4v) is 2.25. The lowest BCUT2D eigenvalue weighted by molar-refractivity contribution is 0.0917. The van der Waals surface area contributed by atoms with Gasteiger partial charge in [0.2, 0.25) is 0 Å². The van der Waals surface area contributed by atoms with E-state index >= 15 is 0 Å². The highest BCUT2D eigenvalue weighted by molar-refractivity contribution is 5.95. The fraction of sp³-hybridized carbons (Fsp3) is 0.438. The number of aryl methyl sites for hydroxylation is 2. The molecule has 1 heterocycles. The largest absolute Gasteiger partial charge is 0.347 e. The molecule has 1 unspecified atom stereocenters. The maximum atomic E-state index is 12.5. The molecule has 0 aliphatic heterocycles. The molecule has 112 valence electrons. The van der Waals surface area contributed by atoms with Gasteiger partial charge in [0.15, 0.2) is 0 Å². The SMILES string of the molecule is Cc1ccc(C(=O)NC(Cn2nccn2)C(C)C)c(C)c1. The van der Waals surface area contributed by atoms with Crippen LogP contribution in [-0.4, -0.2) is 26.9 Å². The Labute approximate surface area is 125 Å². The minimum Gasteiger partial charge on any atom is -0.347 e. The molecular formula is C16H22N4O. The number of amides is 1. The summed E-state index contributed by atoms with van der Waals surface area (Å²) < 4.78 is 0. The molecule has 0 saturated carbocycles. The minimum atomic E-state index is -0.0432. The van der Waals surface area contributed by atoms with Gasteiger partial charge in [0.1, 0.15) is 0 Å². The van der Waals surface area contributed by atoms with Gasteiger partial charge in [0.05, 0.1) is 25.0 Å². The molecule has 0 bridgehead atoms. The van der Waals surface area contributed by atoms with Crippen LogP contribution in [0.15, 0.2) is 30.6 Å². The Morgan fingerprint density at radius 1 is 1.24 bits per heavy atom. The van der Waals surface area contributed by atoms with E-state index in [2.05, 4.69) is 29.4 Å². The van der Waals surface area contributed by atoms with Gasteiger partial charge in [-0.15, -0.1) is 0 Å². The van der Waals surface area contributed by atoms with E-state index in [-0.39, 0.29) is 11.9 Å². The van der Waals surface area contributed by atoms with E-state index in [0.29, 0.717) is 12.5 Å². The van der Waals surface area contributed by atoms with E-state index in [0.717, 1.165) is 16.7 Å². The fourth-order valence-electron chi connectivity index (χ4n) is 2.25. The zero-order chi connectivity index (χ0) is 15.4. The number of nitrogens with one attached hydrogen (secondary N) is 1. The summed E-state index contributed by atoms with van der Waals surface area (Å²) in [5, 5.41) is 11.3. The number of benzene rings is 1. The van der Waals surface area contributed by atoms with Gasteiger partial charge in [-0.1, -0.05) is 31.5 Å². The second-order valence-electron chi connectivity index (χ2n) is 5.73. The minimum absolute atomic E-state index is 0.00870. The monoisotopic (exact) mass is 286 g/mol. The summed E-state index contributed by atoms with van der Waals surface area (Å²) in [4.78, 5) is 14.1. The second kappa shape index (κ2) is 6.52. The summed E-state index contributed by atoms with van der Waals surface area (Å²) in [6.07, 6.45) is 3.28. The van der Waals surface area contributed by atoms with Gasteiger partial charge in [0.25, 0.3) is 5.91 Å². The molecule has 2 aromatic rings. The van der Waals surface area contributed by atoms with Crippen LogP contribution in [0.3, 0.4) is 0 Å². The molecule has 1 amide bonds. The molecule has 21 heavy (non-hydrogen) atoms.